The lowest BCUT2D eigenvalue weighted by Crippen LogP contribution is -2.68. The lowest BCUT2D eigenvalue weighted by molar-refractivity contribution is -0.164. The Hall–Kier alpha value is -3.77. The van der Waals surface area contributed by atoms with Gasteiger partial charge >= 0.3 is 0 Å². The molecule has 2 heterocycles. The van der Waals surface area contributed by atoms with Crippen LogP contribution < -0.4 is 21.5 Å². The highest BCUT2D eigenvalue weighted by molar-refractivity contribution is 6.00. The number of allylic oxidation sites excluding steroid dienone is 1. The van der Waals surface area contributed by atoms with Crippen molar-refractivity contribution in [3.8, 4) is 0 Å². The summed E-state index contributed by atoms with van der Waals surface area (Å²) in [6.45, 7) is 6.89. The van der Waals surface area contributed by atoms with Gasteiger partial charge in [-0.25, -0.2) is 4.98 Å². The minimum absolute atomic E-state index is 0.00256. The second-order valence-corrected chi connectivity index (χ2v) is 14.7. The minimum Gasteiger partial charge on any atom is -0.365 e. The Labute approximate surface area is 263 Å². The summed E-state index contributed by atoms with van der Waals surface area (Å²) in [5, 5.41) is 18.3. The number of nitrogens with one attached hydrogen (secondary N) is 3. The number of nitrogens with zero attached hydrogens (tertiary/aromatic N) is 3. The van der Waals surface area contributed by atoms with Gasteiger partial charge in [-0.3, -0.25) is 19.2 Å². The molecule has 2 aromatic rings. The van der Waals surface area contributed by atoms with Crippen molar-refractivity contribution >= 4 is 23.4 Å². The Morgan fingerprint density at radius 3 is 2.31 bits per heavy atom. The first-order valence-electron chi connectivity index (χ1n) is 15.6. The van der Waals surface area contributed by atoms with Gasteiger partial charge in [0, 0.05) is 25.9 Å². The maximum absolute atomic E-state index is 13.4. The van der Waals surface area contributed by atoms with Crippen molar-refractivity contribution < 1.29 is 24.2 Å². The summed E-state index contributed by atoms with van der Waals surface area (Å²) in [5.41, 5.74) is 0.0898. The topological polar surface area (TPSA) is 157 Å². The molecule has 45 heavy (non-hydrogen) atoms. The van der Waals surface area contributed by atoms with Crippen LogP contribution in [0.2, 0.25) is 0 Å². The standard InChI is InChI=1S/C33H46N6O6/c1-30-15-31(2)17-32(3,16-30)20-33(18-30,19-31)37-25(40)14-39-12-8-10-23(29(39)44)36-27(42)22(9-6-7-11-26(41)45-5)35-28(43)24-13-34-21-38(24)4/h7-8,10-13,21-22,26,41H,6,9,14-20H2,1-5H3,(H,35,43)(H,36,42)(H,37,40)/b11-7+/t22-,26?,30?,31?,32?,33?/m0/s1. The second kappa shape index (κ2) is 12.2. The van der Waals surface area contributed by atoms with Gasteiger partial charge in [-0.15, -0.1) is 0 Å². The molecule has 4 N–H and O–H groups in total. The first-order valence-corrected chi connectivity index (χ1v) is 15.6. The van der Waals surface area contributed by atoms with E-state index in [1.807, 2.05) is 0 Å². The molecule has 2 aromatic heterocycles. The molecule has 0 aromatic carbocycles. The number of methoxy groups -OCH3 is 1. The maximum Gasteiger partial charge on any atom is 0.274 e. The number of anilines is 1. The summed E-state index contributed by atoms with van der Waals surface area (Å²) in [5.74, 6) is -1.31. The van der Waals surface area contributed by atoms with Crippen molar-refractivity contribution in [2.24, 2.45) is 23.3 Å². The third-order valence-corrected chi connectivity index (χ3v) is 9.69. The number of aliphatic hydroxyl groups excluding tert-OH is 1. The molecule has 4 saturated carbocycles. The van der Waals surface area contributed by atoms with Crippen LogP contribution in [0.3, 0.4) is 0 Å². The third kappa shape index (κ3) is 7.22. The molecule has 0 spiro atoms. The monoisotopic (exact) mass is 622 g/mol. The van der Waals surface area contributed by atoms with E-state index in [9.17, 15) is 24.3 Å². The highest BCUT2D eigenvalue weighted by Crippen LogP contribution is 2.70. The van der Waals surface area contributed by atoms with Crippen molar-refractivity contribution in [1.82, 2.24) is 24.8 Å². The van der Waals surface area contributed by atoms with Crippen LogP contribution in [0.4, 0.5) is 5.69 Å². The van der Waals surface area contributed by atoms with Crippen LogP contribution in [0, 0.1) is 16.2 Å². The Morgan fingerprint density at radius 1 is 1.09 bits per heavy atom. The zero-order valence-corrected chi connectivity index (χ0v) is 26.9. The van der Waals surface area contributed by atoms with Crippen molar-refractivity contribution in [1.29, 1.82) is 0 Å². The quantitative estimate of drug-likeness (QED) is 0.210. The summed E-state index contributed by atoms with van der Waals surface area (Å²) in [6.07, 6.45) is 13.3. The van der Waals surface area contributed by atoms with E-state index in [-0.39, 0.29) is 52.0 Å². The molecule has 4 fully saturated rings. The van der Waals surface area contributed by atoms with Crippen LogP contribution in [0.15, 0.2) is 47.8 Å². The van der Waals surface area contributed by atoms with E-state index >= 15 is 0 Å². The number of pyridine rings is 1. The molecule has 4 aliphatic rings. The van der Waals surface area contributed by atoms with Gasteiger partial charge in [0.05, 0.1) is 12.5 Å². The number of carbonyl (C=O) groups excluding carboxylic acids is 3. The summed E-state index contributed by atoms with van der Waals surface area (Å²) >= 11 is 0. The predicted molar refractivity (Wildman–Crippen MR) is 168 cm³/mol. The average Bonchev–Trinajstić information content (AvgIpc) is 3.35. The molecule has 6 rings (SSSR count). The van der Waals surface area contributed by atoms with Gasteiger partial charge in [0.2, 0.25) is 11.8 Å². The van der Waals surface area contributed by atoms with Crippen LogP contribution in [0.1, 0.15) is 82.6 Å². The van der Waals surface area contributed by atoms with Gasteiger partial charge in [0.15, 0.2) is 6.29 Å². The number of aliphatic hydroxyl groups is 1. The molecule has 2 atom stereocenters. The third-order valence-electron chi connectivity index (χ3n) is 9.69. The van der Waals surface area contributed by atoms with Crippen molar-refractivity contribution in [3.63, 3.8) is 0 Å². The molecular weight excluding hydrogens is 576 g/mol. The summed E-state index contributed by atoms with van der Waals surface area (Å²) in [7, 11) is 3.03. The number of aromatic nitrogens is 3. The molecule has 3 amide bonds. The van der Waals surface area contributed by atoms with Crippen LogP contribution in [-0.4, -0.2) is 61.9 Å². The van der Waals surface area contributed by atoms with Gasteiger partial charge in [-0.05, 0) is 85.8 Å². The van der Waals surface area contributed by atoms with E-state index in [4.69, 9.17) is 4.74 Å². The van der Waals surface area contributed by atoms with Gasteiger partial charge in [0.1, 0.15) is 24.0 Å². The number of hydrogen-bond acceptors (Lipinski definition) is 7. The first-order chi connectivity index (χ1) is 21.1. The highest BCUT2D eigenvalue weighted by atomic mass is 16.6. The average molecular weight is 623 g/mol. The molecule has 12 nitrogen and oxygen atoms in total. The molecular formula is C33H46N6O6. The number of ether oxygens (including phenoxy) is 1. The number of carbonyl (C=O) groups is 3. The summed E-state index contributed by atoms with van der Waals surface area (Å²) < 4.78 is 7.62. The van der Waals surface area contributed by atoms with Crippen LogP contribution >= 0.6 is 0 Å². The molecule has 1 unspecified atom stereocenters. The lowest BCUT2D eigenvalue weighted by atomic mass is 9.38. The Morgan fingerprint density at radius 2 is 1.73 bits per heavy atom. The number of hydrogen-bond donors (Lipinski definition) is 4. The maximum atomic E-state index is 13.4. The van der Waals surface area contributed by atoms with Gasteiger partial charge in [-0.1, -0.05) is 26.8 Å². The Bertz CT molecular complexity index is 1490. The van der Waals surface area contributed by atoms with E-state index in [0.29, 0.717) is 6.42 Å². The summed E-state index contributed by atoms with van der Waals surface area (Å²) in [6, 6.07) is 2.08. The molecule has 0 radical (unpaired) electrons. The number of aryl methyl sites for hydroxylation is 1. The van der Waals surface area contributed by atoms with E-state index in [1.54, 1.807) is 19.2 Å². The van der Waals surface area contributed by atoms with Gasteiger partial charge in [-0.2, -0.15) is 0 Å². The highest BCUT2D eigenvalue weighted by Gasteiger charge is 2.64. The van der Waals surface area contributed by atoms with Crippen LogP contribution in [-0.2, 0) is 27.9 Å². The van der Waals surface area contributed by atoms with E-state index in [1.165, 1.54) is 66.4 Å². The fourth-order valence-corrected chi connectivity index (χ4v) is 9.52. The van der Waals surface area contributed by atoms with E-state index in [0.717, 1.165) is 19.3 Å². The van der Waals surface area contributed by atoms with E-state index < -0.39 is 29.7 Å². The Kier molecular flexibility index (Phi) is 8.85. The van der Waals surface area contributed by atoms with Crippen molar-refractivity contribution in [2.45, 2.75) is 96.6 Å². The molecule has 4 aliphatic carbocycles. The summed E-state index contributed by atoms with van der Waals surface area (Å²) in [4.78, 5) is 57.1. The zero-order chi connectivity index (χ0) is 32.6. The number of amides is 3. The zero-order valence-electron chi connectivity index (χ0n) is 26.9. The van der Waals surface area contributed by atoms with E-state index in [2.05, 4.69) is 41.7 Å². The van der Waals surface area contributed by atoms with Gasteiger partial charge in [0.25, 0.3) is 11.5 Å². The second-order valence-electron chi connectivity index (χ2n) is 14.7. The van der Waals surface area contributed by atoms with Crippen molar-refractivity contribution in [2.75, 3.05) is 12.4 Å². The number of imidazole rings is 1. The molecule has 0 saturated heterocycles. The smallest absolute Gasteiger partial charge is 0.274 e. The van der Waals surface area contributed by atoms with Crippen LogP contribution in [0.25, 0.3) is 0 Å². The molecule has 244 valence electrons. The predicted octanol–water partition coefficient (Wildman–Crippen LogP) is 2.88. The fourth-order valence-electron chi connectivity index (χ4n) is 9.52. The molecule has 12 heteroatoms. The fraction of sp³-hybridized carbons (Fsp3) is 0.606. The SMILES string of the molecule is COC(O)/C=C/CC[C@H](NC(=O)c1cncn1C)C(=O)Nc1cccn(CC(=O)NC23CC4(C)CC(C)(CC(C)(C4)C2)C3)c1=O. The first kappa shape index (κ1) is 32.6. The minimum atomic E-state index is -1.08. The van der Waals surface area contributed by atoms with Crippen molar-refractivity contribution in [3.05, 3.63) is 59.1 Å². The Balaban J connectivity index is 1.27. The number of rotatable bonds is 12. The lowest BCUT2D eigenvalue weighted by Gasteiger charge is -2.69. The normalized spacial score (nSPS) is 29.8. The molecule has 0 aliphatic heterocycles. The van der Waals surface area contributed by atoms with Crippen LogP contribution in [0.5, 0.6) is 0 Å². The van der Waals surface area contributed by atoms with Gasteiger partial charge < -0.3 is 34.9 Å². The molecule has 4 bridgehead atoms. The largest absolute Gasteiger partial charge is 0.365 e.